The predicted molar refractivity (Wildman–Crippen MR) is 129 cm³/mol. The molecule has 5 rings (SSSR count). The quantitative estimate of drug-likeness (QED) is 0.517. The number of nitrogens with one attached hydrogen (secondary N) is 2. The van der Waals surface area contributed by atoms with Crippen LogP contribution < -0.4 is 10.2 Å². The van der Waals surface area contributed by atoms with Crippen LogP contribution in [0.15, 0.2) is 60.0 Å². The Labute approximate surface area is 198 Å². The highest BCUT2D eigenvalue weighted by atomic mass is 32.2. The van der Waals surface area contributed by atoms with E-state index in [9.17, 15) is 13.2 Å². The van der Waals surface area contributed by atoms with E-state index in [-0.39, 0.29) is 10.8 Å². The first-order valence-electron chi connectivity index (χ1n) is 11.4. The van der Waals surface area contributed by atoms with Crippen LogP contribution in [-0.4, -0.2) is 77.8 Å². The second-order valence-corrected chi connectivity index (χ2v) is 10.3. The van der Waals surface area contributed by atoms with E-state index in [1.165, 1.54) is 16.4 Å². The zero-order chi connectivity index (χ0) is 23.5. The molecular weight excluding hydrogens is 454 g/mol. The standard InChI is InChI=1S/C23H27N7O3S/c31-21(27-18-4-3-5-19(16-18)34(32,33)30-9-1-2-10-30)7-11-28-12-14-29(15-13-28)23-20-6-8-24-22(20)25-17-26-23/h3-8,11,16-17H,1-2,9-10,12-15H2,(H,27,31)(H,24,25,26). The number of H-pyrrole nitrogens is 1. The van der Waals surface area contributed by atoms with Crippen molar-refractivity contribution in [1.82, 2.24) is 24.2 Å². The van der Waals surface area contributed by atoms with E-state index in [1.807, 2.05) is 6.07 Å². The first kappa shape index (κ1) is 22.4. The molecular formula is C23H27N7O3S. The minimum atomic E-state index is -3.52. The summed E-state index contributed by atoms with van der Waals surface area (Å²) in [5.74, 6) is 1.43. The van der Waals surface area contributed by atoms with Gasteiger partial charge in [-0.1, -0.05) is 6.07 Å². The summed E-state index contributed by atoms with van der Waals surface area (Å²) in [5.41, 5.74) is 1.46. The Kier molecular flexibility index (Phi) is 6.20. The average Bonchev–Trinajstić information content (AvgIpc) is 3.56. The van der Waals surface area contributed by atoms with Crippen molar-refractivity contribution >= 4 is 27.4 Å². The second-order valence-electron chi connectivity index (χ2n) is 8.40. The Hall–Kier alpha value is -3.44. The van der Waals surface area contributed by atoms with E-state index in [1.54, 1.807) is 36.9 Å². The van der Waals surface area contributed by atoms with Gasteiger partial charge in [-0.15, -0.1) is 0 Å². The van der Waals surface area contributed by atoms with Crippen LogP contribution in [-0.2, 0) is 14.8 Å². The molecule has 0 aromatic heterocycles. The van der Waals surface area contributed by atoms with Crippen molar-refractivity contribution in [3.8, 4) is 11.4 Å². The minimum absolute atomic E-state index is 0.202. The third-order valence-electron chi connectivity index (χ3n) is 6.18. The van der Waals surface area contributed by atoms with Crippen LogP contribution in [0.5, 0.6) is 0 Å². The lowest BCUT2D eigenvalue weighted by atomic mass is 10.2. The summed E-state index contributed by atoms with van der Waals surface area (Å²) in [7, 11) is -3.52. The fourth-order valence-corrected chi connectivity index (χ4v) is 5.92. The van der Waals surface area contributed by atoms with E-state index < -0.39 is 10.0 Å². The number of nitrogens with zero attached hydrogens (tertiary/aromatic N) is 5. The van der Waals surface area contributed by atoms with Gasteiger partial charge in [-0.25, -0.2) is 18.4 Å². The van der Waals surface area contributed by atoms with Gasteiger partial charge in [0.25, 0.3) is 0 Å². The van der Waals surface area contributed by atoms with Crippen molar-refractivity contribution < 1.29 is 13.2 Å². The summed E-state index contributed by atoms with van der Waals surface area (Å²) in [6, 6.07) is 8.38. The fraction of sp³-hybridized carbons (Fsp3) is 0.348. The van der Waals surface area contributed by atoms with Crippen molar-refractivity contribution in [2.75, 3.05) is 49.5 Å². The van der Waals surface area contributed by atoms with Crippen molar-refractivity contribution in [1.29, 1.82) is 0 Å². The van der Waals surface area contributed by atoms with Gasteiger partial charge < -0.3 is 20.1 Å². The highest BCUT2D eigenvalue weighted by molar-refractivity contribution is 7.89. The predicted octanol–water partition coefficient (Wildman–Crippen LogP) is 1.97. The van der Waals surface area contributed by atoms with Crippen LogP contribution in [0, 0.1) is 0 Å². The molecule has 0 radical (unpaired) electrons. The Bertz CT molecular complexity index is 1260. The lowest BCUT2D eigenvalue weighted by Crippen LogP contribution is -2.44. The fourth-order valence-electron chi connectivity index (χ4n) is 4.36. The Morgan fingerprint density at radius 2 is 1.82 bits per heavy atom. The number of sulfonamides is 1. The lowest BCUT2D eigenvalue weighted by molar-refractivity contribution is -0.112. The third kappa shape index (κ3) is 4.62. The molecule has 0 unspecified atom stereocenters. The van der Waals surface area contributed by atoms with Gasteiger partial charge in [0.2, 0.25) is 15.9 Å². The second kappa shape index (κ2) is 9.43. The smallest absolute Gasteiger partial charge is 0.249 e. The maximum absolute atomic E-state index is 12.8. The first-order valence-corrected chi connectivity index (χ1v) is 12.8. The summed E-state index contributed by atoms with van der Waals surface area (Å²) < 4.78 is 27.0. The van der Waals surface area contributed by atoms with Gasteiger partial charge in [-0.3, -0.25) is 4.79 Å². The monoisotopic (exact) mass is 481 g/mol. The minimum Gasteiger partial charge on any atom is -0.374 e. The van der Waals surface area contributed by atoms with Gasteiger partial charge in [0.1, 0.15) is 11.6 Å². The van der Waals surface area contributed by atoms with Crippen LogP contribution in [0.4, 0.5) is 11.5 Å². The number of carbonyl (C=O) groups is 1. The number of piperazine rings is 1. The Morgan fingerprint density at radius 3 is 2.62 bits per heavy atom. The molecule has 4 aliphatic heterocycles. The lowest BCUT2D eigenvalue weighted by Gasteiger charge is -2.35. The number of anilines is 2. The maximum atomic E-state index is 12.8. The van der Waals surface area contributed by atoms with E-state index in [4.69, 9.17) is 0 Å². The first-order chi connectivity index (χ1) is 16.5. The van der Waals surface area contributed by atoms with Gasteiger partial charge in [0.15, 0.2) is 0 Å². The van der Waals surface area contributed by atoms with E-state index >= 15 is 0 Å². The molecule has 1 amide bonds. The Morgan fingerprint density at radius 1 is 1.03 bits per heavy atom. The summed E-state index contributed by atoms with van der Waals surface area (Å²) in [6.07, 6.45) is 8.44. The van der Waals surface area contributed by atoms with Crippen molar-refractivity contribution in [2.24, 2.45) is 0 Å². The number of aromatic nitrogens is 3. The van der Waals surface area contributed by atoms with Crippen LogP contribution in [0.3, 0.4) is 0 Å². The number of fused-ring (bicyclic) bond motifs is 1. The topological polar surface area (TPSA) is 115 Å². The van der Waals surface area contributed by atoms with Gasteiger partial charge in [-0.2, -0.15) is 4.31 Å². The molecule has 11 heteroatoms. The maximum Gasteiger partial charge on any atom is 0.249 e. The molecule has 1 aromatic rings. The summed E-state index contributed by atoms with van der Waals surface area (Å²) >= 11 is 0. The molecule has 0 aliphatic carbocycles. The van der Waals surface area contributed by atoms with E-state index in [2.05, 4.69) is 30.1 Å². The highest BCUT2D eigenvalue weighted by Crippen LogP contribution is 2.28. The normalized spacial score (nSPS) is 17.6. The number of hydrogen-bond donors (Lipinski definition) is 2. The van der Waals surface area contributed by atoms with Gasteiger partial charge in [-0.05, 0) is 37.1 Å². The number of rotatable bonds is 6. The summed E-state index contributed by atoms with van der Waals surface area (Å²) in [4.78, 5) is 28.8. The molecule has 178 valence electrons. The number of aromatic amines is 1. The Balaban J connectivity index is 1.16. The number of carbonyl (C=O) groups excluding carboxylic acids is 1. The van der Waals surface area contributed by atoms with Crippen LogP contribution in [0.2, 0.25) is 0 Å². The number of benzene rings is 1. The van der Waals surface area contributed by atoms with Crippen molar-refractivity contribution in [3.63, 3.8) is 0 Å². The van der Waals surface area contributed by atoms with Gasteiger partial charge >= 0.3 is 0 Å². The van der Waals surface area contributed by atoms with E-state index in [0.29, 0.717) is 18.8 Å². The largest absolute Gasteiger partial charge is 0.374 e. The highest BCUT2D eigenvalue weighted by Gasteiger charge is 2.27. The zero-order valence-corrected chi connectivity index (χ0v) is 19.5. The summed E-state index contributed by atoms with van der Waals surface area (Å²) in [6.45, 7) is 4.15. The third-order valence-corrected chi connectivity index (χ3v) is 8.08. The molecule has 0 spiro atoms. The van der Waals surface area contributed by atoms with Gasteiger partial charge in [0.05, 0.1) is 16.8 Å². The van der Waals surface area contributed by atoms with Gasteiger partial charge in [0, 0.05) is 63.4 Å². The zero-order valence-electron chi connectivity index (χ0n) is 18.7. The molecule has 0 bridgehead atoms. The molecule has 34 heavy (non-hydrogen) atoms. The van der Waals surface area contributed by atoms with Crippen molar-refractivity contribution in [2.45, 2.75) is 17.7 Å². The average molecular weight is 482 g/mol. The molecule has 0 atom stereocenters. The molecule has 2 N–H and O–H groups in total. The molecule has 10 nitrogen and oxygen atoms in total. The SMILES string of the molecule is O=C(C=CN1CCN(c2nc[nH]c3nccc2-3)CC1)Nc1cccc(S(=O)(=O)N2CCCC2)c1. The number of amides is 1. The number of hydrogen-bond acceptors (Lipinski definition) is 7. The molecule has 0 saturated carbocycles. The molecule has 4 heterocycles. The van der Waals surface area contributed by atoms with Crippen LogP contribution >= 0.6 is 0 Å². The van der Waals surface area contributed by atoms with Crippen molar-refractivity contribution in [3.05, 3.63) is 55.1 Å². The summed E-state index contributed by atoms with van der Waals surface area (Å²) in [5, 5.41) is 2.77. The van der Waals surface area contributed by atoms with Crippen LogP contribution in [0.25, 0.3) is 11.4 Å². The molecule has 2 fully saturated rings. The molecule has 4 aliphatic rings. The molecule has 2 saturated heterocycles. The molecule has 1 aromatic carbocycles. The van der Waals surface area contributed by atoms with Crippen LogP contribution in [0.1, 0.15) is 12.8 Å². The van der Waals surface area contributed by atoms with E-state index in [0.717, 1.165) is 56.2 Å².